The van der Waals surface area contributed by atoms with E-state index < -0.39 is 11.6 Å². The van der Waals surface area contributed by atoms with E-state index in [4.69, 9.17) is 10.5 Å². The topological polar surface area (TPSA) is 35.2 Å². The van der Waals surface area contributed by atoms with Gasteiger partial charge in [0.2, 0.25) is 0 Å². The van der Waals surface area contributed by atoms with Gasteiger partial charge in [0.25, 0.3) is 0 Å². The van der Waals surface area contributed by atoms with E-state index in [0.29, 0.717) is 12.5 Å². The first-order valence-electron chi connectivity index (χ1n) is 5.12. The molecule has 0 saturated heterocycles. The molecular weight excluding hydrogens is 232 g/mol. The van der Waals surface area contributed by atoms with Gasteiger partial charge in [-0.2, -0.15) is 0 Å². The van der Waals surface area contributed by atoms with Gasteiger partial charge in [-0.1, -0.05) is 11.8 Å². The zero-order valence-corrected chi connectivity index (χ0v) is 9.53. The molecule has 2 nitrogen and oxygen atoms in total. The summed E-state index contributed by atoms with van der Waals surface area (Å²) in [7, 11) is 0. The van der Waals surface area contributed by atoms with Crippen LogP contribution < -0.4 is 5.73 Å². The van der Waals surface area contributed by atoms with Gasteiger partial charge in [0, 0.05) is 5.69 Å². The first-order chi connectivity index (χ1) is 7.66. The van der Waals surface area contributed by atoms with E-state index in [-0.39, 0.29) is 16.5 Å². The summed E-state index contributed by atoms with van der Waals surface area (Å²) < 4.78 is 31.9. The van der Waals surface area contributed by atoms with E-state index in [9.17, 15) is 8.78 Å². The lowest BCUT2D eigenvalue weighted by molar-refractivity contribution is 0.171. The van der Waals surface area contributed by atoms with Gasteiger partial charge in [0.15, 0.2) is 0 Å². The molecule has 16 heavy (non-hydrogen) atoms. The Morgan fingerprint density at radius 2 is 1.94 bits per heavy atom. The summed E-state index contributed by atoms with van der Waals surface area (Å²) in [5.74, 6) is -0.328. The Morgan fingerprint density at radius 3 is 2.50 bits per heavy atom. The van der Waals surface area contributed by atoms with Crippen molar-refractivity contribution >= 4 is 17.4 Å². The van der Waals surface area contributed by atoms with Gasteiger partial charge in [-0.05, 0) is 30.9 Å². The molecule has 1 saturated carbocycles. The summed E-state index contributed by atoms with van der Waals surface area (Å²) >= 11 is 1.02. The zero-order valence-electron chi connectivity index (χ0n) is 8.71. The van der Waals surface area contributed by atoms with E-state index >= 15 is 0 Å². The van der Waals surface area contributed by atoms with Crippen molar-refractivity contribution in [2.75, 3.05) is 18.3 Å². The minimum atomic E-state index is -0.627. The maximum Gasteiger partial charge on any atom is 0.141 e. The molecule has 5 heteroatoms. The number of benzene rings is 1. The van der Waals surface area contributed by atoms with Crippen LogP contribution in [-0.2, 0) is 4.74 Å². The quantitative estimate of drug-likeness (QED) is 0.375. The van der Waals surface area contributed by atoms with Crippen LogP contribution in [0.15, 0.2) is 17.0 Å². The number of ether oxygens (including phenoxy) is 1. The van der Waals surface area contributed by atoms with Crippen molar-refractivity contribution in [1.29, 1.82) is 0 Å². The van der Waals surface area contributed by atoms with Crippen LogP contribution in [0.5, 0.6) is 0 Å². The van der Waals surface area contributed by atoms with Gasteiger partial charge in [-0.15, -0.1) is 0 Å². The lowest BCUT2D eigenvalue weighted by atomic mass is 10.3. The largest absolute Gasteiger partial charge is 0.399 e. The molecule has 0 unspecified atom stereocenters. The summed E-state index contributed by atoms with van der Waals surface area (Å²) in [5, 5.41) is 0. The van der Waals surface area contributed by atoms with Crippen molar-refractivity contribution in [2.45, 2.75) is 17.7 Å². The van der Waals surface area contributed by atoms with Crippen LogP contribution in [0, 0.1) is 17.6 Å². The Morgan fingerprint density at radius 1 is 1.31 bits per heavy atom. The molecule has 2 rings (SSSR count). The first-order valence-corrected chi connectivity index (χ1v) is 6.10. The van der Waals surface area contributed by atoms with Gasteiger partial charge in [-0.3, -0.25) is 0 Å². The highest BCUT2D eigenvalue weighted by molar-refractivity contribution is 7.99. The lowest BCUT2D eigenvalue weighted by Crippen LogP contribution is -1.98. The highest BCUT2D eigenvalue weighted by Gasteiger charge is 2.21. The summed E-state index contributed by atoms with van der Waals surface area (Å²) in [6.45, 7) is 0.686. The van der Waals surface area contributed by atoms with Crippen molar-refractivity contribution in [3.8, 4) is 0 Å². The minimum absolute atomic E-state index is 0.0232. The van der Waals surface area contributed by atoms with Crippen LogP contribution in [0.25, 0.3) is 0 Å². The van der Waals surface area contributed by atoms with Crippen molar-refractivity contribution in [1.82, 2.24) is 0 Å². The second-order valence-corrected chi connectivity index (χ2v) is 4.82. The molecule has 0 aliphatic heterocycles. The molecule has 88 valence electrons. The van der Waals surface area contributed by atoms with Gasteiger partial charge < -0.3 is 10.5 Å². The molecule has 0 aromatic heterocycles. The first kappa shape index (κ1) is 11.7. The second-order valence-electron chi connectivity index (χ2n) is 3.89. The Bertz CT molecular complexity index is 359. The number of nitrogen functional groups attached to an aromatic ring is 1. The maximum atomic E-state index is 13.3. The van der Waals surface area contributed by atoms with Crippen molar-refractivity contribution in [3.63, 3.8) is 0 Å². The van der Waals surface area contributed by atoms with Crippen molar-refractivity contribution in [2.24, 2.45) is 5.92 Å². The van der Waals surface area contributed by atoms with Crippen LogP contribution in [0.2, 0.25) is 0 Å². The number of anilines is 1. The number of thioether (sulfide) groups is 1. The Kier molecular flexibility index (Phi) is 3.66. The fourth-order valence-corrected chi connectivity index (χ4v) is 2.01. The van der Waals surface area contributed by atoms with E-state index in [1.807, 2.05) is 0 Å². The van der Waals surface area contributed by atoms with Crippen molar-refractivity contribution < 1.29 is 13.5 Å². The number of hydrogen-bond donors (Lipinski definition) is 1. The highest BCUT2D eigenvalue weighted by atomic mass is 32.2. The van der Waals surface area contributed by atoms with E-state index in [1.165, 1.54) is 12.8 Å². The molecule has 0 amide bonds. The zero-order chi connectivity index (χ0) is 11.5. The van der Waals surface area contributed by atoms with E-state index in [1.54, 1.807) is 0 Å². The average molecular weight is 245 g/mol. The van der Waals surface area contributed by atoms with Gasteiger partial charge in [0.1, 0.15) is 11.6 Å². The third kappa shape index (κ3) is 3.09. The molecule has 1 fully saturated rings. The van der Waals surface area contributed by atoms with Gasteiger partial charge in [-0.25, -0.2) is 8.78 Å². The summed E-state index contributed by atoms with van der Waals surface area (Å²) in [6, 6.07) is 2.23. The molecule has 1 aromatic carbocycles. The normalized spacial score (nSPS) is 15.4. The molecule has 1 aliphatic carbocycles. The highest BCUT2D eigenvalue weighted by Crippen LogP contribution is 2.31. The fraction of sp³-hybridized carbons (Fsp3) is 0.455. The molecule has 2 N–H and O–H groups in total. The molecular formula is C11H13F2NOS. The van der Waals surface area contributed by atoms with Crippen LogP contribution in [-0.4, -0.2) is 12.5 Å². The maximum absolute atomic E-state index is 13.3. The third-order valence-corrected chi connectivity index (χ3v) is 3.32. The number of halogens is 2. The Hall–Kier alpha value is -0.810. The van der Waals surface area contributed by atoms with Gasteiger partial charge >= 0.3 is 0 Å². The van der Waals surface area contributed by atoms with Crippen LogP contribution in [0.4, 0.5) is 14.5 Å². The Labute approximate surface area is 97.2 Å². The van der Waals surface area contributed by atoms with Gasteiger partial charge in [0.05, 0.1) is 17.4 Å². The molecule has 0 spiro atoms. The number of rotatable bonds is 5. The third-order valence-electron chi connectivity index (χ3n) is 2.36. The van der Waals surface area contributed by atoms with Crippen molar-refractivity contribution in [3.05, 3.63) is 23.8 Å². The predicted molar refractivity (Wildman–Crippen MR) is 60.2 cm³/mol. The summed E-state index contributed by atoms with van der Waals surface area (Å²) in [5.41, 5.74) is 5.41. The molecule has 0 heterocycles. The monoisotopic (exact) mass is 245 g/mol. The molecule has 1 aromatic rings. The summed E-state index contributed by atoms with van der Waals surface area (Å²) in [4.78, 5) is -0.0232. The molecule has 0 bridgehead atoms. The average Bonchev–Trinajstić information content (AvgIpc) is 2.98. The van der Waals surface area contributed by atoms with Crippen LogP contribution >= 0.6 is 11.8 Å². The SMILES string of the molecule is Nc1cc(F)c(SCOCC2CC2)c(F)c1. The minimum Gasteiger partial charge on any atom is -0.399 e. The van der Waals surface area contributed by atoms with Crippen LogP contribution in [0.1, 0.15) is 12.8 Å². The summed E-state index contributed by atoms with van der Waals surface area (Å²) in [6.07, 6.45) is 2.41. The molecule has 0 radical (unpaired) electrons. The predicted octanol–water partition coefficient (Wildman–Crippen LogP) is 3.02. The van der Waals surface area contributed by atoms with Crippen LogP contribution in [0.3, 0.4) is 0 Å². The number of nitrogens with two attached hydrogens (primary N) is 1. The molecule has 0 atom stereocenters. The molecule has 1 aliphatic rings. The standard InChI is InChI=1S/C11H13F2NOS/c12-9-3-8(14)4-10(13)11(9)16-6-15-5-7-1-2-7/h3-4,7H,1-2,5-6,14H2. The van der Waals surface area contributed by atoms with E-state index in [0.717, 1.165) is 23.9 Å². The number of hydrogen-bond acceptors (Lipinski definition) is 3. The second kappa shape index (κ2) is 5.01. The van der Waals surface area contributed by atoms with E-state index in [2.05, 4.69) is 0 Å². The fourth-order valence-electron chi connectivity index (χ4n) is 1.32. The lowest BCUT2D eigenvalue weighted by Gasteiger charge is -2.06. The smallest absolute Gasteiger partial charge is 0.141 e. The Balaban J connectivity index is 1.87.